The van der Waals surface area contributed by atoms with Crippen LogP contribution in [0.1, 0.15) is 12.5 Å². The van der Waals surface area contributed by atoms with Crippen molar-refractivity contribution in [3.63, 3.8) is 0 Å². The van der Waals surface area contributed by atoms with Gasteiger partial charge in [-0.15, -0.1) is 0 Å². The summed E-state index contributed by atoms with van der Waals surface area (Å²) in [6, 6.07) is 7.36. The summed E-state index contributed by atoms with van der Waals surface area (Å²) < 4.78 is 4.98. The first-order valence-electron chi connectivity index (χ1n) is 6.61. The molecule has 1 aliphatic heterocycles. The zero-order valence-electron chi connectivity index (χ0n) is 11.2. The van der Waals surface area contributed by atoms with Gasteiger partial charge in [0.25, 0.3) is 0 Å². The fraction of sp³-hybridized carbons (Fsp3) is 0.500. The highest BCUT2D eigenvalue weighted by Crippen LogP contribution is 2.18. The first kappa shape index (κ1) is 13.7. The molecule has 0 unspecified atom stereocenters. The van der Waals surface area contributed by atoms with Crippen LogP contribution in [0.4, 0.5) is 4.79 Å². The number of para-hydroxylation sites is 1. The fourth-order valence-electron chi connectivity index (χ4n) is 2.19. The second kappa shape index (κ2) is 6.43. The smallest absolute Gasteiger partial charge is 0.409 e. The lowest BCUT2D eigenvalue weighted by Crippen LogP contribution is -2.48. The second-order valence-corrected chi connectivity index (χ2v) is 4.59. The Bertz CT molecular complexity index is 428. The van der Waals surface area contributed by atoms with Crippen molar-refractivity contribution in [1.82, 2.24) is 9.80 Å². The van der Waals surface area contributed by atoms with Crippen molar-refractivity contribution in [3.05, 3.63) is 29.8 Å². The Labute approximate surface area is 113 Å². The molecule has 1 saturated heterocycles. The third-order valence-electron chi connectivity index (χ3n) is 3.28. The molecule has 0 spiro atoms. The minimum absolute atomic E-state index is 0.232. The van der Waals surface area contributed by atoms with Gasteiger partial charge in [0.2, 0.25) is 0 Å². The number of amides is 1. The molecule has 2 rings (SSSR count). The lowest BCUT2D eigenvalue weighted by Gasteiger charge is -2.34. The Kier molecular flexibility index (Phi) is 4.63. The van der Waals surface area contributed by atoms with E-state index in [4.69, 9.17) is 4.74 Å². The number of piperazine rings is 1. The maximum Gasteiger partial charge on any atom is 0.409 e. The van der Waals surface area contributed by atoms with Gasteiger partial charge >= 0.3 is 6.09 Å². The molecule has 1 aliphatic rings. The van der Waals surface area contributed by atoms with Gasteiger partial charge in [-0.25, -0.2) is 4.79 Å². The number of benzene rings is 1. The lowest BCUT2D eigenvalue weighted by atomic mass is 10.2. The van der Waals surface area contributed by atoms with Crippen LogP contribution in [0, 0.1) is 0 Å². The fourth-order valence-corrected chi connectivity index (χ4v) is 2.19. The molecule has 19 heavy (non-hydrogen) atoms. The van der Waals surface area contributed by atoms with Crippen LogP contribution < -0.4 is 0 Å². The summed E-state index contributed by atoms with van der Waals surface area (Å²) in [7, 11) is 0. The number of ether oxygens (including phenoxy) is 1. The molecule has 1 aromatic rings. The van der Waals surface area contributed by atoms with Crippen LogP contribution in [0.25, 0.3) is 0 Å². The maximum atomic E-state index is 11.6. The Morgan fingerprint density at radius 1 is 1.26 bits per heavy atom. The summed E-state index contributed by atoms with van der Waals surface area (Å²) >= 11 is 0. The molecule has 1 heterocycles. The van der Waals surface area contributed by atoms with Crippen LogP contribution in [-0.4, -0.2) is 53.8 Å². The third kappa shape index (κ3) is 3.61. The summed E-state index contributed by atoms with van der Waals surface area (Å²) in [5, 5.41) is 9.74. The summed E-state index contributed by atoms with van der Waals surface area (Å²) in [6.45, 7) is 5.88. The first-order chi connectivity index (χ1) is 9.20. The van der Waals surface area contributed by atoms with E-state index < -0.39 is 0 Å². The predicted molar refractivity (Wildman–Crippen MR) is 72.0 cm³/mol. The molecule has 0 radical (unpaired) electrons. The summed E-state index contributed by atoms with van der Waals surface area (Å²) in [5.74, 6) is 0.329. The van der Waals surface area contributed by atoms with Crippen LogP contribution in [0.3, 0.4) is 0 Å². The van der Waals surface area contributed by atoms with Gasteiger partial charge in [-0.1, -0.05) is 18.2 Å². The van der Waals surface area contributed by atoms with Gasteiger partial charge in [-0.3, -0.25) is 4.90 Å². The van der Waals surface area contributed by atoms with Crippen LogP contribution in [0.5, 0.6) is 5.75 Å². The minimum atomic E-state index is -0.232. The molecule has 1 fully saturated rings. The molecule has 0 aromatic heterocycles. The first-order valence-corrected chi connectivity index (χ1v) is 6.61. The highest BCUT2D eigenvalue weighted by atomic mass is 16.6. The van der Waals surface area contributed by atoms with Crippen molar-refractivity contribution in [2.24, 2.45) is 0 Å². The lowest BCUT2D eigenvalue weighted by molar-refractivity contribution is 0.0776. The zero-order chi connectivity index (χ0) is 13.7. The summed E-state index contributed by atoms with van der Waals surface area (Å²) in [4.78, 5) is 15.5. The number of rotatable bonds is 3. The van der Waals surface area contributed by atoms with E-state index in [0.29, 0.717) is 32.0 Å². The van der Waals surface area contributed by atoms with Gasteiger partial charge in [0, 0.05) is 38.3 Å². The number of phenols is 1. The van der Waals surface area contributed by atoms with Gasteiger partial charge in [0.1, 0.15) is 5.75 Å². The second-order valence-electron chi connectivity index (χ2n) is 4.59. The van der Waals surface area contributed by atoms with E-state index in [1.807, 2.05) is 25.1 Å². The molecule has 0 saturated carbocycles. The van der Waals surface area contributed by atoms with Gasteiger partial charge in [-0.2, -0.15) is 0 Å². The average Bonchev–Trinajstić information content (AvgIpc) is 2.42. The topological polar surface area (TPSA) is 53.0 Å². The van der Waals surface area contributed by atoms with Crippen LogP contribution in [0.2, 0.25) is 0 Å². The Morgan fingerprint density at radius 2 is 1.95 bits per heavy atom. The highest BCUT2D eigenvalue weighted by Gasteiger charge is 2.22. The largest absolute Gasteiger partial charge is 0.508 e. The van der Waals surface area contributed by atoms with Gasteiger partial charge in [-0.05, 0) is 13.0 Å². The molecule has 5 nitrogen and oxygen atoms in total. The number of carbonyl (C=O) groups is 1. The molecular formula is C14H20N2O3. The van der Waals surface area contributed by atoms with Crippen molar-refractivity contribution < 1.29 is 14.6 Å². The summed E-state index contributed by atoms with van der Waals surface area (Å²) in [5.41, 5.74) is 0.923. The molecule has 104 valence electrons. The molecular weight excluding hydrogens is 244 g/mol. The number of aromatic hydroxyl groups is 1. The van der Waals surface area contributed by atoms with Crippen LogP contribution in [0.15, 0.2) is 24.3 Å². The van der Waals surface area contributed by atoms with E-state index >= 15 is 0 Å². The average molecular weight is 264 g/mol. The third-order valence-corrected chi connectivity index (χ3v) is 3.28. The minimum Gasteiger partial charge on any atom is -0.508 e. The monoisotopic (exact) mass is 264 g/mol. The number of carbonyl (C=O) groups excluding carboxylic acids is 1. The van der Waals surface area contributed by atoms with E-state index in [-0.39, 0.29) is 6.09 Å². The zero-order valence-corrected chi connectivity index (χ0v) is 11.2. The molecule has 0 bridgehead atoms. The quantitative estimate of drug-likeness (QED) is 0.902. The van der Waals surface area contributed by atoms with Crippen LogP contribution >= 0.6 is 0 Å². The van der Waals surface area contributed by atoms with E-state index in [0.717, 1.165) is 18.7 Å². The van der Waals surface area contributed by atoms with Gasteiger partial charge < -0.3 is 14.7 Å². The number of hydrogen-bond donors (Lipinski definition) is 1. The van der Waals surface area contributed by atoms with E-state index in [1.54, 1.807) is 11.0 Å². The molecule has 1 N–H and O–H groups in total. The van der Waals surface area contributed by atoms with Crippen molar-refractivity contribution >= 4 is 6.09 Å². The van der Waals surface area contributed by atoms with Crippen molar-refractivity contribution in [1.29, 1.82) is 0 Å². The van der Waals surface area contributed by atoms with E-state index in [2.05, 4.69) is 4.90 Å². The van der Waals surface area contributed by atoms with E-state index in [9.17, 15) is 9.90 Å². The van der Waals surface area contributed by atoms with Gasteiger partial charge in [0.15, 0.2) is 0 Å². The standard InChI is InChI=1S/C14H20N2O3/c1-2-19-14(18)16-9-7-15(8-10-16)11-12-5-3-4-6-13(12)17/h3-6,17H,2,7-11H2,1H3. The Hall–Kier alpha value is -1.75. The van der Waals surface area contributed by atoms with Crippen molar-refractivity contribution in [3.8, 4) is 5.75 Å². The highest BCUT2D eigenvalue weighted by molar-refractivity contribution is 5.67. The summed E-state index contributed by atoms with van der Waals surface area (Å²) in [6.07, 6.45) is -0.232. The molecule has 0 aliphatic carbocycles. The molecule has 1 amide bonds. The predicted octanol–water partition coefficient (Wildman–Crippen LogP) is 1.67. The van der Waals surface area contributed by atoms with Crippen LogP contribution in [-0.2, 0) is 11.3 Å². The maximum absolute atomic E-state index is 11.6. The van der Waals surface area contributed by atoms with Gasteiger partial charge in [0.05, 0.1) is 6.61 Å². The number of phenolic OH excluding ortho intramolecular Hbond substituents is 1. The SMILES string of the molecule is CCOC(=O)N1CCN(Cc2ccccc2O)CC1. The normalized spacial score (nSPS) is 16.4. The molecule has 0 atom stereocenters. The number of nitrogens with zero attached hydrogens (tertiary/aromatic N) is 2. The Balaban J connectivity index is 1.84. The number of hydrogen-bond acceptors (Lipinski definition) is 4. The molecule has 5 heteroatoms. The Morgan fingerprint density at radius 3 is 2.58 bits per heavy atom. The van der Waals surface area contributed by atoms with Crippen molar-refractivity contribution in [2.75, 3.05) is 32.8 Å². The van der Waals surface area contributed by atoms with E-state index in [1.165, 1.54) is 0 Å². The van der Waals surface area contributed by atoms with Crippen molar-refractivity contribution in [2.45, 2.75) is 13.5 Å². The molecule has 1 aromatic carbocycles.